The van der Waals surface area contributed by atoms with Gasteiger partial charge in [-0.2, -0.15) is 0 Å². The van der Waals surface area contributed by atoms with Crippen molar-refractivity contribution in [3.8, 4) is 10.6 Å². The summed E-state index contributed by atoms with van der Waals surface area (Å²) in [5, 5.41) is 7.06. The highest BCUT2D eigenvalue weighted by Crippen LogP contribution is 2.35. The number of rotatable bonds is 3. The summed E-state index contributed by atoms with van der Waals surface area (Å²) in [5.41, 5.74) is 3.28. The third-order valence-electron chi connectivity index (χ3n) is 4.07. The second kappa shape index (κ2) is 9.02. The van der Waals surface area contributed by atoms with Crippen LogP contribution in [0, 0.1) is 7.14 Å². The van der Waals surface area contributed by atoms with Crippen LogP contribution in [0.1, 0.15) is 10.4 Å². The number of amides is 1. The molecule has 4 rings (SSSR count). The normalized spacial score (nSPS) is 10.7. The monoisotopic (exact) mass is 641 g/mol. The van der Waals surface area contributed by atoms with E-state index >= 15 is 0 Å². The third-order valence-corrected chi connectivity index (χ3v) is 6.68. The second-order valence-electron chi connectivity index (χ2n) is 6.10. The smallest absolute Gasteiger partial charge is 0.257 e. The van der Waals surface area contributed by atoms with Gasteiger partial charge in [-0.3, -0.25) is 10.1 Å². The van der Waals surface area contributed by atoms with E-state index in [1.807, 2.05) is 48.5 Å². The number of nitrogens with one attached hydrogen (secondary N) is 2. The number of halogens is 2. The molecule has 8 heteroatoms. The molecular formula is C21H13I2N3OS2. The van der Waals surface area contributed by atoms with Gasteiger partial charge in [-0.15, -0.1) is 11.3 Å². The van der Waals surface area contributed by atoms with Crippen LogP contribution >= 0.6 is 68.7 Å². The molecule has 1 heterocycles. The van der Waals surface area contributed by atoms with Gasteiger partial charge in [0.15, 0.2) is 5.11 Å². The first-order valence-corrected chi connectivity index (χ1v) is 11.9. The molecule has 0 atom stereocenters. The van der Waals surface area contributed by atoms with Gasteiger partial charge in [-0.05, 0) is 106 Å². The van der Waals surface area contributed by atoms with E-state index in [0.29, 0.717) is 5.56 Å². The molecule has 4 aromatic rings. The van der Waals surface area contributed by atoms with E-state index in [9.17, 15) is 4.79 Å². The molecule has 2 N–H and O–H groups in total. The molecule has 0 aliphatic rings. The Hall–Kier alpha value is -1.63. The summed E-state index contributed by atoms with van der Waals surface area (Å²) in [5.74, 6) is -0.243. The quantitative estimate of drug-likeness (QED) is 0.204. The van der Waals surface area contributed by atoms with Crippen molar-refractivity contribution in [1.29, 1.82) is 0 Å². The van der Waals surface area contributed by atoms with Crippen molar-refractivity contribution < 1.29 is 4.79 Å². The summed E-state index contributed by atoms with van der Waals surface area (Å²) in [4.78, 5) is 17.2. The van der Waals surface area contributed by atoms with Crippen LogP contribution in [0.3, 0.4) is 0 Å². The Balaban J connectivity index is 1.59. The molecule has 0 saturated carbocycles. The van der Waals surface area contributed by atoms with Gasteiger partial charge in [-0.1, -0.05) is 18.2 Å². The fourth-order valence-electron chi connectivity index (χ4n) is 2.75. The van der Waals surface area contributed by atoms with E-state index in [2.05, 4.69) is 67.9 Å². The lowest BCUT2D eigenvalue weighted by Crippen LogP contribution is -2.34. The lowest BCUT2D eigenvalue weighted by molar-refractivity contribution is 0.0977. The number of hydrogen-bond acceptors (Lipinski definition) is 4. The maximum absolute atomic E-state index is 12.5. The molecule has 4 nitrogen and oxygen atoms in total. The van der Waals surface area contributed by atoms with Gasteiger partial charge in [-0.25, -0.2) is 4.98 Å². The Morgan fingerprint density at radius 3 is 2.55 bits per heavy atom. The highest BCUT2D eigenvalue weighted by atomic mass is 127. The largest absolute Gasteiger partial charge is 0.332 e. The molecule has 0 aliphatic heterocycles. The number of carbonyl (C=O) groups excluding carboxylic acids is 1. The number of anilines is 1. The van der Waals surface area contributed by atoms with Gasteiger partial charge < -0.3 is 5.32 Å². The highest BCUT2D eigenvalue weighted by Gasteiger charge is 2.14. The predicted octanol–water partition coefficient (Wildman–Crippen LogP) is 6.30. The van der Waals surface area contributed by atoms with Crippen molar-refractivity contribution in [3.63, 3.8) is 0 Å². The standard InChI is InChI=1S/C21H13I2N3OS2/c22-13-5-3-4-12(10-13)19(27)26-21(28)25-16-9-8-14(23)11-15(16)20-24-17-6-1-2-7-18(17)29-20/h1-11H,(H2,25,26,27,28). The van der Waals surface area contributed by atoms with Crippen LogP contribution in [0.25, 0.3) is 20.8 Å². The minimum Gasteiger partial charge on any atom is -0.332 e. The Kier molecular flexibility index (Phi) is 6.42. The second-order valence-corrected chi connectivity index (χ2v) is 10.0. The topological polar surface area (TPSA) is 54.0 Å². The zero-order valence-corrected chi connectivity index (χ0v) is 20.7. The van der Waals surface area contributed by atoms with Crippen LogP contribution in [-0.4, -0.2) is 16.0 Å². The number of fused-ring (bicyclic) bond motifs is 1. The van der Waals surface area contributed by atoms with Crippen molar-refractivity contribution >= 4 is 95.7 Å². The maximum Gasteiger partial charge on any atom is 0.257 e. The number of thiazole rings is 1. The predicted molar refractivity (Wildman–Crippen MR) is 141 cm³/mol. The lowest BCUT2D eigenvalue weighted by Gasteiger charge is -2.13. The lowest BCUT2D eigenvalue weighted by atomic mass is 10.2. The molecule has 0 radical (unpaired) electrons. The molecule has 0 fully saturated rings. The minimum atomic E-state index is -0.243. The third kappa shape index (κ3) is 4.93. The highest BCUT2D eigenvalue weighted by molar-refractivity contribution is 14.1. The van der Waals surface area contributed by atoms with E-state index in [1.165, 1.54) is 0 Å². The average Bonchev–Trinajstić information content (AvgIpc) is 3.13. The van der Waals surface area contributed by atoms with E-state index < -0.39 is 0 Å². The van der Waals surface area contributed by atoms with E-state index in [-0.39, 0.29) is 11.0 Å². The molecule has 0 spiro atoms. The first-order chi connectivity index (χ1) is 14.0. The summed E-state index contributed by atoms with van der Waals surface area (Å²) < 4.78 is 3.21. The number of hydrogen-bond donors (Lipinski definition) is 2. The fourth-order valence-corrected chi connectivity index (χ4v) is 4.98. The number of para-hydroxylation sites is 1. The molecule has 1 amide bonds. The molecule has 29 heavy (non-hydrogen) atoms. The zero-order valence-electron chi connectivity index (χ0n) is 14.8. The van der Waals surface area contributed by atoms with Gasteiger partial charge in [0.05, 0.1) is 15.9 Å². The van der Waals surface area contributed by atoms with E-state index in [1.54, 1.807) is 17.4 Å². The summed E-state index contributed by atoms with van der Waals surface area (Å²) in [6.45, 7) is 0. The van der Waals surface area contributed by atoms with Crippen molar-refractivity contribution in [3.05, 3.63) is 79.4 Å². The first kappa shape index (κ1) is 20.6. The van der Waals surface area contributed by atoms with Crippen molar-refractivity contribution in [2.45, 2.75) is 0 Å². The molecule has 0 saturated heterocycles. The molecule has 0 bridgehead atoms. The number of carbonyl (C=O) groups is 1. The zero-order chi connectivity index (χ0) is 20.4. The number of thiocarbonyl (C=S) groups is 1. The van der Waals surface area contributed by atoms with Crippen LogP contribution in [0.4, 0.5) is 5.69 Å². The molecular weight excluding hydrogens is 628 g/mol. The Labute approximate surface area is 204 Å². The van der Waals surface area contributed by atoms with Crippen LogP contribution in [0.15, 0.2) is 66.7 Å². The minimum absolute atomic E-state index is 0.243. The van der Waals surface area contributed by atoms with Gasteiger partial charge in [0.2, 0.25) is 0 Å². The summed E-state index contributed by atoms with van der Waals surface area (Å²) in [7, 11) is 0. The van der Waals surface area contributed by atoms with Crippen LogP contribution < -0.4 is 10.6 Å². The van der Waals surface area contributed by atoms with Gasteiger partial charge in [0, 0.05) is 18.3 Å². The Morgan fingerprint density at radius 2 is 1.76 bits per heavy atom. The molecule has 144 valence electrons. The first-order valence-electron chi connectivity index (χ1n) is 8.53. The summed E-state index contributed by atoms with van der Waals surface area (Å²) >= 11 is 11.5. The Morgan fingerprint density at radius 1 is 0.966 bits per heavy atom. The Bertz CT molecular complexity index is 1210. The van der Waals surface area contributed by atoms with Crippen LogP contribution in [0.5, 0.6) is 0 Å². The average molecular weight is 641 g/mol. The molecule has 1 aromatic heterocycles. The maximum atomic E-state index is 12.5. The van der Waals surface area contributed by atoms with Gasteiger partial charge in [0.25, 0.3) is 5.91 Å². The fraction of sp³-hybridized carbons (Fsp3) is 0. The van der Waals surface area contributed by atoms with E-state index in [4.69, 9.17) is 17.2 Å². The molecule has 3 aromatic carbocycles. The van der Waals surface area contributed by atoms with Gasteiger partial charge >= 0.3 is 0 Å². The van der Waals surface area contributed by atoms with Crippen LogP contribution in [0.2, 0.25) is 0 Å². The molecule has 0 aliphatic carbocycles. The SMILES string of the molecule is O=C(NC(=S)Nc1ccc(I)cc1-c1nc2ccccc2s1)c1cccc(I)c1. The van der Waals surface area contributed by atoms with Gasteiger partial charge in [0.1, 0.15) is 5.01 Å². The van der Waals surface area contributed by atoms with Crippen molar-refractivity contribution in [1.82, 2.24) is 10.3 Å². The van der Waals surface area contributed by atoms with E-state index in [0.717, 1.165) is 33.6 Å². The van der Waals surface area contributed by atoms with Crippen molar-refractivity contribution in [2.75, 3.05) is 5.32 Å². The number of benzene rings is 3. The summed E-state index contributed by atoms with van der Waals surface area (Å²) in [6, 6.07) is 21.4. The van der Waals surface area contributed by atoms with Crippen LogP contribution in [-0.2, 0) is 0 Å². The number of nitrogens with zero attached hydrogens (tertiary/aromatic N) is 1. The number of aromatic nitrogens is 1. The summed E-state index contributed by atoms with van der Waals surface area (Å²) in [6.07, 6.45) is 0. The van der Waals surface area contributed by atoms with Crippen molar-refractivity contribution in [2.24, 2.45) is 0 Å². The molecule has 0 unspecified atom stereocenters.